The summed E-state index contributed by atoms with van der Waals surface area (Å²) in [6, 6.07) is 9.21. The molecule has 7 heteroatoms. The van der Waals surface area contributed by atoms with Gasteiger partial charge in [0.15, 0.2) is 0 Å². The van der Waals surface area contributed by atoms with Crippen molar-refractivity contribution < 1.29 is 9.59 Å². The third-order valence-corrected chi connectivity index (χ3v) is 4.96. The fourth-order valence-corrected chi connectivity index (χ4v) is 2.93. The Morgan fingerprint density at radius 2 is 2.17 bits per heavy atom. The van der Waals surface area contributed by atoms with Crippen LogP contribution < -0.4 is 15.5 Å². The summed E-state index contributed by atoms with van der Waals surface area (Å²) >= 11 is 2.21. The zero-order valence-corrected chi connectivity index (χ0v) is 15.3. The number of halogens is 1. The first kappa shape index (κ1) is 16.7. The first-order valence-electron chi connectivity index (χ1n) is 7.58. The maximum absolute atomic E-state index is 12.3. The highest BCUT2D eigenvalue weighted by atomic mass is 127. The van der Waals surface area contributed by atoms with E-state index < -0.39 is 0 Å². The molecule has 0 unspecified atom stereocenters. The van der Waals surface area contributed by atoms with Crippen molar-refractivity contribution in [2.45, 2.75) is 6.92 Å². The Morgan fingerprint density at radius 3 is 2.83 bits per heavy atom. The Hall–Kier alpha value is -2.16. The molecule has 1 aromatic heterocycles. The fourth-order valence-electron chi connectivity index (χ4n) is 2.42. The van der Waals surface area contributed by atoms with Crippen LogP contribution >= 0.6 is 22.6 Å². The summed E-state index contributed by atoms with van der Waals surface area (Å²) in [6.45, 7) is 3.66. The minimum Gasteiger partial charge on any atom is -0.353 e. The molecule has 124 valence electrons. The predicted molar refractivity (Wildman–Crippen MR) is 101 cm³/mol. The number of hydrogen-bond donors (Lipinski definition) is 2. The number of piperazine rings is 1. The molecule has 2 N–H and O–H groups in total. The number of carbonyl (C=O) groups is 2. The van der Waals surface area contributed by atoms with E-state index in [-0.39, 0.29) is 11.8 Å². The Balaban J connectivity index is 1.68. The molecule has 0 atom stereocenters. The highest BCUT2D eigenvalue weighted by Crippen LogP contribution is 2.17. The summed E-state index contributed by atoms with van der Waals surface area (Å²) in [7, 11) is 0. The van der Waals surface area contributed by atoms with Crippen LogP contribution in [0, 0.1) is 10.5 Å². The largest absolute Gasteiger partial charge is 0.353 e. The number of rotatable bonds is 3. The van der Waals surface area contributed by atoms with Crippen LogP contribution in [0.2, 0.25) is 0 Å². The van der Waals surface area contributed by atoms with Gasteiger partial charge in [0, 0.05) is 22.2 Å². The van der Waals surface area contributed by atoms with Gasteiger partial charge in [-0.1, -0.05) is 6.07 Å². The van der Waals surface area contributed by atoms with Gasteiger partial charge < -0.3 is 15.5 Å². The topological polar surface area (TPSA) is 74.3 Å². The average molecular weight is 436 g/mol. The van der Waals surface area contributed by atoms with Crippen molar-refractivity contribution in [3.8, 4) is 0 Å². The number of nitrogens with one attached hydrogen (secondary N) is 2. The summed E-state index contributed by atoms with van der Waals surface area (Å²) in [5.41, 5.74) is 2.38. The lowest BCUT2D eigenvalue weighted by molar-refractivity contribution is -0.120. The SMILES string of the molecule is Cc1ccc(C(=O)Nc2ccc(N3CCNC(=O)C3)nc2)cc1I. The molecule has 0 aliphatic carbocycles. The van der Waals surface area contributed by atoms with Crippen molar-refractivity contribution in [1.82, 2.24) is 10.3 Å². The van der Waals surface area contributed by atoms with Gasteiger partial charge in [-0.05, 0) is 59.3 Å². The Kier molecular flexibility index (Phi) is 4.98. The van der Waals surface area contributed by atoms with Gasteiger partial charge in [-0.25, -0.2) is 4.98 Å². The second-order valence-electron chi connectivity index (χ2n) is 5.59. The first-order chi connectivity index (χ1) is 11.5. The number of benzene rings is 1. The van der Waals surface area contributed by atoms with Crippen molar-refractivity contribution in [2.75, 3.05) is 29.9 Å². The maximum atomic E-state index is 12.3. The van der Waals surface area contributed by atoms with E-state index in [1.165, 1.54) is 0 Å². The quantitative estimate of drug-likeness (QED) is 0.724. The summed E-state index contributed by atoms with van der Waals surface area (Å²) in [5, 5.41) is 5.62. The second-order valence-corrected chi connectivity index (χ2v) is 6.76. The molecular weight excluding hydrogens is 419 g/mol. The molecule has 1 fully saturated rings. The number of anilines is 2. The molecular formula is C17H17IN4O2. The Morgan fingerprint density at radius 1 is 1.33 bits per heavy atom. The van der Waals surface area contributed by atoms with Crippen LogP contribution in [-0.2, 0) is 4.79 Å². The highest BCUT2D eigenvalue weighted by molar-refractivity contribution is 14.1. The lowest BCUT2D eigenvalue weighted by Gasteiger charge is -2.27. The van der Waals surface area contributed by atoms with Crippen molar-refractivity contribution in [3.05, 3.63) is 51.2 Å². The summed E-state index contributed by atoms with van der Waals surface area (Å²) in [4.78, 5) is 30.0. The number of nitrogens with zero attached hydrogens (tertiary/aromatic N) is 2. The van der Waals surface area contributed by atoms with E-state index in [0.717, 1.165) is 21.5 Å². The molecule has 0 saturated carbocycles. The van der Waals surface area contributed by atoms with Gasteiger partial charge in [-0.2, -0.15) is 0 Å². The minimum atomic E-state index is -0.167. The lowest BCUT2D eigenvalue weighted by Crippen LogP contribution is -2.48. The number of hydrogen-bond acceptors (Lipinski definition) is 4. The monoisotopic (exact) mass is 436 g/mol. The number of aryl methyl sites for hydroxylation is 1. The van der Waals surface area contributed by atoms with E-state index in [0.29, 0.717) is 24.3 Å². The molecule has 2 aromatic rings. The summed E-state index contributed by atoms with van der Waals surface area (Å²) in [6.07, 6.45) is 1.61. The van der Waals surface area contributed by atoms with Gasteiger partial charge in [0.2, 0.25) is 5.91 Å². The van der Waals surface area contributed by atoms with Gasteiger partial charge in [-0.15, -0.1) is 0 Å². The summed E-state index contributed by atoms with van der Waals surface area (Å²) in [5.74, 6) is 0.557. The highest BCUT2D eigenvalue weighted by Gasteiger charge is 2.17. The van der Waals surface area contributed by atoms with E-state index in [2.05, 4.69) is 38.2 Å². The zero-order chi connectivity index (χ0) is 17.1. The molecule has 1 aliphatic heterocycles. The molecule has 2 amide bonds. The van der Waals surface area contributed by atoms with E-state index >= 15 is 0 Å². The molecule has 0 bridgehead atoms. The van der Waals surface area contributed by atoms with Gasteiger partial charge in [0.25, 0.3) is 5.91 Å². The van der Waals surface area contributed by atoms with E-state index in [1.807, 2.05) is 30.0 Å². The van der Waals surface area contributed by atoms with Crippen molar-refractivity contribution in [1.29, 1.82) is 0 Å². The van der Waals surface area contributed by atoms with Crippen LogP contribution in [0.15, 0.2) is 36.5 Å². The number of pyridine rings is 1. The second kappa shape index (κ2) is 7.16. The summed E-state index contributed by atoms with van der Waals surface area (Å²) < 4.78 is 1.05. The van der Waals surface area contributed by atoms with Crippen LogP contribution in [-0.4, -0.2) is 36.4 Å². The number of aromatic nitrogens is 1. The molecule has 1 aliphatic rings. The third-order valence-electron chi connectivity index (χ3n) is 3.80. The molecule has 3 rings (SSSR count). The minimum absolute atomic E-state index is 0.00518. The van der Waals surface area contributed by atoms with E-state index in [1.54, 1.807) is 18.3 Å². The molecule has 24 heavy (non-hydrogen) atoms. The van der Waals surface area contributed by atoms with Gasteiger partial charge in [0.1, 0.15) is 5.82 Å². The zero-order valence-electron chi connectivity index (χ0n) is 13.2. The van der Waals surface area contributed by atoms with Crippen molar-refractivity contribution in [2.24, 2.45) is 0 Å². The van der Waals surface area contributed by atoms with Crippen LogP contribution in [0.25, 0.3) is 0 Å². The van der Waals surface area contributed by atoms with E-state index in [9.17, 15) is 9.59 Å². The number of carbonyl (C=O) groups excluding carboxylic acids is 2. The van der Waals surface area contributed by atoms with Gasteiger partial charge in [0.05, 0.1) is 18.4 Å². The molecule has 2 heterocycles. The molecule has 6 nitrogen and oxygen atoms in total. The molecule has 0 radical (unpaired) electrons. The molecule has 1 saturated heterocycles. The Labute approximate surface area is 153 Å². The van der Waals surface area contributed by atoms with E-state index in [4.69, 9.17) is 0 Å². The first-order valence-corrected chi connectivity index (χ1v) is 8.66. The predicted octanol–water partition coefficient (Wildman–Crippen LogP) is 2.18. The van der Waals surface area contributed by atoms with Gasteiger partial charge in [-0.3, -0.25) is 9.59 Å². The van der Waals surface area contributed by atoms with Crippen LogP contribution in [0.1, 0.15) is 15.9 Å². The third kappa shape index (κ3) is 3.84. The van der Waals surface area contributed by atoms with Crippen LogP contribution in [0.4, 0.5) is 11.5 Å². The smallest absolute Gasteiger partial charge is 0.255 e. The van der Waals surface area contributed by atoms with Crippen LogP contribution in [0.3, 0.4) is 0 Å². The normalized spacial score (nSPS) is 14.2. The van der Waals surface area contributed by atoms with Crippen molar-refractivity contribution in [3.63, 3.8) is 0 Å². The van der Waals surface area contributed by atoms with Gasteiger partial charge >= 0.3 is 0 Å². The van der Waals surface area contributed by atoms with Crippen LogP contribution in [0.5, 0.6) is 0 Å². The molecule has 1 aromatic carbocycles. The lowest BCUT2D eigenvalue weighted by atomic mass is 10.1. The maximum Gasteiger partial charge on any atom is 0.255 e. The average Bonchev–Trinajstić information content (AvgIpc) is 2.58. The number of amides is 2. The van der Waals surface area contributed by atoms with Crippen molar-refractivity contribution >= 4 is 45.9 Å². The Bertz CT molecular complexity index is 777. The molecule has 0 spiro atoms. The standard InChI is InChI=1S/C17H17IN4O2/c1-11-2-3-12(8-14(11)18)17(24)21-13-4-5-15(20-9-13)22-7-6-19-16(23)10-22/h2-5,8-9H,6-7,10H2,1H3,(H,19,23)(H,21,24). The fraction of sp³-hybridized carbons (Fsp3) is 0.235.